The van der Waals surface area contributed by atoms with Crippen LogP contribution in [0.1, 0.15) is 5.69 Å². The maximum absolute atomic E-state index is 12.5. The van der Waals surface area contributed by atoms with E-state index in [0.29, 0.717) is 0 Å². The zero-order valence-corrected chi connectivity index (χ0v) is 16.6. The minimum absolute atomic E-state index is 0.00544. The van der Waals surface area contributed by atoms with Gasteiger partial charge < -0.3 is 26.1 Å². The van der Waals surface area contributed by atoms with Crippen molar-refractivity contribution in [3.63, 3.8) is 0 Å². The van der Waals surface area contributed by atoms with Crippen molar-refractivity contribution in [2.45, 2.75) is 18.3 Å². The normalized spacial score (nSPS) is 18.7. The lowest BCUT2D eigenvalue weighted by atomic mass is 9.98. The third-order valence-electron chi connectivity index (χ3n) is 3.55. The van der Waals surface area contributed by atoms with Crippen molar-refractivity contribution in [2.24, 2.45) is 5.16 Å². The van der Waals surface area contributed by atoms with Crippen LogP contribution in [0.3, 0.4) is 0 Å². The Morgan fingerprint density at radius 3 is 2.67 bits per heavy atom. The summed E-state index contributed by atoms with van der Waals surface area (Å²) in [6, 6.07) is -2.19. The van der Waals surface area contributed by atoms with Crippen LogP contribution in [0.4, 0.5) is 18.3 Å². The van der Waals surface area contributed by atoms with Crippen LogP contribution in [0, 0.1) is 0 Å². The number of alkyl halides is 4. The smallest absolute Gasteiger partial charge is 0.398 e. The zero-order valence-electron chi connectivity index (χ0n) is 15.0. The molecule has 0 aliphatic carbocycles. The number of halogens is 4. The molecule has 0 saturated carbocycles. The molecule has 11 nitrogen and oxygen atoms in total. The standard InChI is InChI=1S/C14H14ClF3N6O5S/c1-29-24-9(6-4-30-13(21-6)22-7(25)2-15)11(27)23-8-5(20-10(8)26)3-19-12(28)14(16,17)18/h4-5,8H,2-3H2,1H3,(H,19,28)(H,20,26)(H,23,27)(H,21,22,25)/t5-,8+/m0/s1. The lowest BCUT2D eigenvalue weighted by molar-refractivity contribution is -0.173. The first-order valence-electron chi connectivity index (χ1n) is 7.96. The molecule has 0 unspecified atom stereocenters. The summed E-state index contributed by atoms with van der Waals surface area (Å²) in [4.78, 5) is 55.0. The lowest BCUT2D eigenvalue weighted by Crippen LogP contribution is -2.72. The molecule has 2 heterocycles. The lowest BCUT2D eigenvalue weighted by Gasteiger charge is -2.37. The van der Waals surface area contributed by atoms with E-state index in [1.54, 1.807) is 5.32 Å². The van der Waals surface area contributed by atoms with Crippen molar-refractivity contribution in [3.8, 4) is 0 Å². The molecule has 16 heteroatoms. The van der Waals surface area contributed by atoms with Crippen molar-refractivity contribution < 1.29 is 37.2 Å². The van der Waals surface area contributed by atoms with Crippen molar-refractivity contribution >= 4 is 57.4 Å². The SMILES string of the molecule is CON=C(C(=O)N[C@H]1C(=O)N[C@H]1CNC(=O)C(F)(F)F)c1csc(NC(=O)CCl)n1. The molecule has 30 heavy (non-hydrogen) atoms. The van der Waals surface area contributed by atoms with E-state index in [0.717, 1.165) is 18.4 Å². The van der Waals surface area contributed by atoms with Gasteiger partial charge in [-0.05, 0) is 0 Å². The van der Waals surface area contributed by atoms with Crippen LogP contribution < -0.4 is 21.3 Å². The fourth-order valence-electron chi connectivity index (χ4n) is 2.18. The summed E-state index contributed by atoms with van der Waals surface area (Å²) in [5.74, 6) is -4.59. The van der Waals surface area contributed by atoms with E-state index in [-0.39, 0.29) is 22.4 Å². The Bertz CT molecular complexity index is 876. The molecule has 4 amide bonds. The van der Waals surface area contributed by atoms with Crippen LogP contribution in [0.5, 0.6) is 0 Å². The van der Waals surface area contributed by atoms with Gasteiger partial charge in [0.2, 0.25) is 11.8 Å². The second-order valence-corrected chi connectivity index (χ2v) is 6.74. The highest BCUT2D eigenvalue weighted by molar-refractivity contribution is 7.14. The van der Waals surface area contributed by atoms with Gasteiger partial charge in [0.05, 0.1) is 6.04 Å². The fourth-order valence-corrected chi connectivity index (χ4v) is 2.96. The Kier molecular flexibility index (Phi) is 7.55. The minimum atomic E-state index is -5.08. The second-order valence-electron chi connectivity index (χ2n) is 5.62. The largest absolute Gasteiger partial charge is 0.471 e. The van der Waals surface area contributed by atoms with Crippen LogP contribution in [-0.4, -0.2) is 72.1 Å². The van der Waals surface area contributed by atoms with Crippen molar-refractivity contribution in [2.75, 3.05) is 24.9 Å². The number of carbonyl (C=O) groups excluding carboxylic acids is 4. The van der Waals surface area contributed by atoms with E-state index in [4.69, 9.17) is 11.6 Å². The molecule has 4 N–H and O–H groups in total. The Morgan fingerprint density at radius 2 is 2.10 bits per heavy atom. The summed E-state index contributed by atoms with van der Waals surface area (Å²) in [5, 5.41) is 13.6. The van der Waals surface area contributed by atoms with E-state index in [9.17, 15) is 32.3 Å². The molecule has 1 aromatic heterocycles. The number of hydrogen-bond donors (Lipinski definition) is 4. The predicted molar refractivity (Wildman–Crippen MR) is 97.9 cm³/mol. The van der Waals surface area contributed by atoms with E-state index in [1.807, 2.05) is 0 Å². The number of thiazole rings is 1. The topological polar surface area (TPSA) is 151 Å². The average molecular weight is 471 g/mol. The summed E-state index contributed by atoms with van der Waals surface area (Å²) in [5.41, 5.74) is -0.344. The molecule has 2 rings (SSSR count). The Morgan fingerprint density at radius 1 is 1.40 bits per heavy atom. The number of aromatic nitrogens is 1. The highest BCUT2D eigenvalue weighted by atomic mass is 35.5. The average Bonchev–Trinajstić information content (AvgIpc) is 3.13. The fraction of sp³-hybridized carbons (Fsp3) is 0.429. The van der Waals surface area contributed by atoms with Crippen LogP contribution in [0.2, 0.25) is 0 Å². The molecule has 1 saturated heterocycles. The molecule has 1 fully saturated rings. The first-order chi connectivity index (χ1) is 14.1. The Hall–Kier alpha value is -2.94. The van der Waals surface area contributed by atoms with Gasteiger partial charge >= 0.3 is 12.1 Å². The minimum Gasteiger partial charge on any atom is -0.398 e. The third kappa shape index (κ3) is 5.79. The summed E-state index contributed by atoms with van der Waals surface area (Å²) in [6.07, 6.45) is -5.08. The molecule has 0 spiro atoms. The molecule has 1 aliphatic rings. The molecule has 2 atom stereocenters. The van der Waals surface area contributed by atoms with Crippen molar-refractivity contribution in [1.29, 1.82) is 0 Å². The highest BCUT2D eigenvalue weighted by Gasteiger charge is 2.44. The second kappa shape index (κ2) is 9.71. The maximum atomic E-state index is 12.5. The molecule has 1 aromatic rings. The number of nitrogens with zero attached hydrogens (tertiary/aromatic N) is 2. The van der Waals surface area contributed by atoms with Crippen LogP contribution in [-0.2, 0) is 24.0 Å². The highest BCUT2D eigenvalue weighted by Crippen LogP contribution is 2.17. The van der Waals surface area contributed by atoms with Crippen molar-refractivity contribution in [3.05, 3.63) is 11.1 Å². The van der Waals surface area contributed by atoms with Gasteiger partial charge in [-0.2, -0.15) is 13.2 Å². The third-order valence-corrected chi connectivity index (χ3v) is 4.55. The Balaban J connectivity index is 2.04. The van der Waals surface area contributed by atoms with Crippen molar-refractivity contribution in [1.82, 2.24) is 20.9 Å². The van der Waals surface area contributed by atoms with E-state index in [1.165, 1.54) is 5.38 Å². The van der Waals surface area contributed by atoms with Crippen LogP contribution >= 0.6 is 22.9 Å². The summed E-state index contributed by atoms with van der Waals surface area (Å²) < 4.78 is 36.7. The zero-order chi connectivity index (χ0) is 22.5. The molecule has 0 radical (unpaired) electrons. The van der Waals surface area contributed by atoms with E-state index in [2.05, 4.69) is 30.9 Å². The Labute approximate surface area is 175 Å². The molecule has 0 aromatic carbocycles. The van der Waals surface area contributed by atoms with Gasteiger partial charge in [-0.3, -0.25) is 19.2 Å². The summed E-state index contributed by atoms with van der Waals surface area (Å²) in [6.45, 7) is -0.558. The van der Waals surface area contributed by atoms with Gasteiger partial charge in [0.15, 0.2) is 10.8 Å². The van der Waals surface area contributed by atoms with Gasteiger partial charge in [-0.1, -0.05) is 5.16 Å². The van der Waals surface area contributed by atoms with E-state index >= 15 is 0 Å². The maximum Gasteiger partial charge on any atom is 0.471 e. The number of β-lactam (4-membered cyclic amide) rings is 1. The summed E-state index contributed by atoms with van der Waals surface area (Å²) in [7, 11) is 1.15. The van der Waals surface area contributed by atoms with Crippen LogP contribution in [0.15, 0.2) is 10.5 Å². The molecule has 0 bridgehead atoms. The predicted octanol–water partition coefficient (Wildman–Crippen LogP) is -0.667. The number of oxime groups is 1. The molecule has 164 valence electrons. The summed E-state index contributed by atoms with van der Waals surface area (Å²) >= 11 is 6.35. The number of nitrogens with one attached hydrogen (secondary N) is 4. The number of carbonyl (C=O) groups is 4. The van der Waals surface area contributed by atoms with Gasteiger partial charge in [0.25, 0.3) is 5.91 Å². The first kappa shape index (κ1) is 23.3. The monoisotopic (exact) mass is 470 g/mol. The number of anilines is 1. The number of rotatable bonds is 8. The molecular weight excluding hydrogens is 457 g/mol. The molecular formula is C14H14ClF3N6O5S. The van der Waals surface area contributed by atoms with Gasteiger partial charge in [-0.25, -0.2) is 4.98 Å². The van der Waals surface area contributed by atoms with Crippen LogP contribution in [0.25, 0.3) is 0 Å². The number of amides is 4. The van der Waals surface area contributed by atoms with Gasteiger partial charge in [0, 0.05) is 11.9 Å². The van der Waals surface area contributed by atoms with E-state index < -0.39 is 48.4 Å². The molecule has 1 aliphatic heterocycles. The quantitative estimate of drug-likeness (QED) is 0.171. The van der Waals surface area contributed by atoms with Gasteiger partial charge in [-0.15, -0.1) is 22.9 Å². The first-order valence-corrected chi connectivity index (χ1v) is 9.37. The number of hydrogen-bond acceptors (Lipinski definition) is 8. The van der Waals surface area contributed by atoms with Gasteiger partial charge in [0.1, 0.15) is 24.7 Å².